The summed E-state index contributed by atoms with van der Waals surface area (Å²) in [6.45, 7) is 0.0107. The van der Waals surface area contributed by atoms with E-state index < -0.39 is 0 Å². The zero-order valence-electron chi connectivity index (χ0n) is 28.5. The molecule has 244 valence electrons. The van der Waals surface area contributed by atoms with E-state index in [1.54, 1.807) is 0 Å². The van der Waals surface area contributed by atoms with Crippen LogP contribution in [0.3, 0.4) is 0 Å². The molecule has 0 saturated carbocycles. The standard InChI is InChI=1S/C48H28BN3O/c1-2-12-29(13-3-1)50-38-19-7-4-15-32(38)37-28-30(24-26-39(37)50)51-42-21-10-17-34-31-14-5-8-20-40(31)52-41-27-25-35-33-16-6-9-23-44(33)53-48(35)45(41)36-18-11-22-43(51)47(36)49(52)46(34)42/h1-28H. The Morgan fingerprint density at radius 1 is 0.415 bits per heavy atom. The first kappa shape index (κ1) is 27.7. The summed E-state index contributed by atoms with van der Waals surface area (Å²) in [5.41, 5.74) is 19.0. The van der Waals surface area contributed by atoms with E-state index in [2.05, 4.69) is 184 Å². The maximum Gasteiger partial charge on any atom is 0.333 e. The van der Waals surface area contributed by atoms with Gasteiger partial charge in [-0.05, 0) is 94.8 Å². The van der Waals surface area contributed by atoms with E-state index in [9.17, 15) is 0 Å². The van der Waals surface area contributed by atoms with Crippen molar-refractivity contribution >= 4 is 90.0 Å². The topological polar surface area (TPSA) is 24.6 Å². The van der Waals surface area contributed by atoms with E-state index in [1.807, 2.05) is 0 Å². The normalized spacial score (nSPS) is 13.5. The lowest BCUT2D eigenvalue weighted by molar-refractivity contribution is 0.670. The molecule has 2 aromatic heterocycles. The summed E-state index contributed by atoms with van der Waals surface area (Å²) in [7, 11) is 0. The molecule has 0 radical (unpaired) electrons. The summed E-state index contributed by atoms with van der Waals surface area (Å²) in [5, 5.41) is 4.78. The molecular weight excluding hydrogens is 645 g/mol. The average molecular weight is 674 g/mol. The maximum atomic E-state index is 6.80. The van der Waals surface area contributed by atoms with Crippen LogP contribution in [0.5, 0.6) is 0 Å². The van der Waals surface area contributed by atoms with Crippen LogP contribution in [0.1, 0.15) is 0 Å². The van der Waals surface area contributed by atoms with Gasteiger partial charge in [-0.3, -0.25) is 0 Å². The third-order valence-corrected chi connectivity index (χ3v) is 11.9. The second kappa shape index (κ2) is 9.87. The Bertz CT molecular complexity index is 3210. The largest absolute Gasteiger partial charge is 0.455 e. The van der Waals surface area contributed by atoms with Crippen LogP contribution >= 0.6 is 0 Å². The SMILES string of the molecule is c1ccc(-n2c3ccccc3c3cc(N4c5cccc6c5B5c7c(cccc74)-c4c(ccc7c4oc4ccccc47)N5c4ccccc4-6)ccc32)cc1. The molecule has 3 aliphatic heterocycles. The summed E-state index contributed by atoms with van der Waals surface area (Å²) in [6, 6.07) is 62.1. The predicted octanol–water partition coefficient (Wildman–Crippen LogP) is 11.4. The molecule has 5 heterocycles. The van der Waals surface area contributed by atoms with Crippen molar-refractivity contribution in [2.45, 2.75) is 0 Å². The number of anilines is 5. The van der Waals surface area contributed by atoms with Crippen LogP contribution in [-0.2, 0) is 0 Å². The quantitative estimate of drug-likeness (QED) is 0.171. The average Bonchev–Trinajstić information content (AvgIpc) is 3.77. The van der Waals surface area contributed by atoms with E-state index in [0.717, 1.165) is 38.9 Å². The molecule has 8 aromatic carbocycles. The number of nitrogens with zero attached hydrogens (tertiary/aromatic N) is 3. The van der Waals surface area contributed by atoms with Gasteiger partial charge in [0.25, 0.3) is 0 Å². The van der Waals surface area contributed by atoms with E-state index in [4.69, 9.17) is 4.42 Å². The molecule has 4 nitrogen and oxygen atoms in total. The third-order valence-electron chi connectivity index (χ3n) is 11.9. The van der Waals surface area contributed by atoms with Crippen LogP contribution in [-0.4, -0.2) is 11.4 Å². The lowest BCUT2D eigenvalue weighted by Crippen LogP contribution is -2.63. The van der Waals surface area contributed by atoms with Crippen molar-refractivity contribution in [3.05, 3.63) is 170 Å². The maximum absolute atomic E-state index is 6.80. The summed E-state index contributed by atoms with van der Waals surface area (Å²) < 4.78 is 9.19. The lowest BCUT2D eigenvalue weighted by atomic mass is 9.41. The van der Waals surface area contributed by atoms with E-state index in [-0.39, 0.29) is 6.85 Å². The molecule has 3 aliphatic rings. The van der Waals surface area contributed by atoms with Crippen LogP contribution in [0.4, 0.5) is 28.4 Å². The Hall–Kier alpha value is -6.98. The van der Waals surface area contributed by atoms with Gasteiger partial charge in [0.05, 0.1) is 11.0 Å². The van der Waals surface area contributed by atoms with Crippen molar-refractivity contribution in [2.24, 2.45) is 0 Å². The van der Waals surface area contributed by atoms with Gasteiger partial charge in [-0.2, -0.15) is 0 Å². The van der Waals surface area contributed by atoms with Crippen molar-refractivity contribution in [1.29, 1.82) is 0 Å². The summed E-state index contributed by atoms with van der Waals surface area (Å²) in [6.07, 6.45) is 0. The van der Waals surface area contributed by atoms with Gasteiger partial charge in [0, 0.05) is 66.8 Å². The van der Waals surface area contributed by atoms with Crippen LogP contribution < -0.4 is 20.6 Å². The van der Waals surface area contributed by atoms with Gasteiger partial charge in [-0.25, -0.2) is 0 Å². The molecule has 0 atom stereocenters. The molecule has 0 N–H and O–H groups in total. The Labute approximate surface area is 305 Å². The van der Waals surface area contributed by atoms with Crippen LogP contribution in [0, 0.1) is 0 Å². The molecule has 0 fully saturated rings. The second-order valence-corrected chi connectivity index (χ2v) is 14.4. The number of para-hydroxylation sites is 4. The second-order valence-electron chi connectivity index (χ2n) is 14.4. The summed E-state index contributed by atoms with van der Waals surface area (Å²) >= 11 is 0. The van der Waals surface area contributed by atoms with Gasteiger partial charge in [0.1, 0.15) is 11.2 Å². The minimum Gasteiger partial charge on any atom is -0.455 e. The third kappa shape index (κ3) is 3.42. The van der Waals surface area contributed by atoms with Gasteiger partial charge in [0.15, 0.2) is 0 Å². The number of hydrogen-bond acceptors (Lipinski definition) is 3. The highest BCUT2D eigenvalue weighted by molar-refractivity contribution is 6.95. The molecule has 0 unspecified atom stereocenters. The van der Waals surface area contributed by atoms with Gasteiger partial charge in [-0.1, -0.05) is 97.1 Å². The predicted molar refractivity (Wildman–Crippen MR) is 221 cm³/mol. The van der Waals surface area contributed by atoms with Crippen molar-refractivity contribution < 1.29 is 4.42 Å². The van der Waals surface area contributed by atoms with Crippen molar-refractivity contribution in [1.82, 2.24) is 4.57 Å². The van der Waals surface area contributed by atoms with Crippen molar-refractivity contribution in [2.75, 3.05) is 9.71 Å². The molecule has 0 amide bonds. The molecule has 5 heteroatoms. The highest BCUT2D eigenvalue weighted by Gasteiger charge is 2.49. The Morgan fingerprint density at radius 2 is 1.09 bits per heavy atom. The first-order valence-electron chi connectivity index (χ1n) is 18.3. The molecule has 13 rings (SSSR count). The van der Waals surface area contributed by atoms with E-state index in [0.29, 0.717) is 0 Å². The van der Waals surface area contributed by atoms with Crippen LogP contribution in [0.2, 0.25) is 0 Å². The number of fused-ring (bicyclic) bond motifs is 13. The minimum atomic E-state index is 0.0107. The Morgan fingerprint density at radius 3 is 1.98 bits per heavy atom. The summed E-state index contributed by atoms with van der Waals surface area (Å²) in [5.74, 6) is 0. The number of rotatable bonds is 2. The summed E-state index contributed by atoms with van der Waals surface area (Å²) in [4.78, 5) is 5.10. The molecule has 53 heavy (non-hydrogen) atoms. The Kier molecular flexibility index (Phi) is 5.16. The lowest BCUT2D eigenvalue weighted by Gasteiger charge is -2.49. The molecule has 0 bridgehead atoms. The zero-order chi connectivity index (χ0) is 34.4. The van der Waals surface area contributed by atoms with Gasteiger partial charge < -0.3 is 18.7 Å². The van der Waals surface area contributed by atoms with E-state index >= 15 is 0 Å². The molecular formula is C48H28BN3O. The smallest absolute Gasteiger partial charge is 0.333 e. The first-order valence-corrected chi connectivity index (χ1v) is 18.3. The monoisotopic (exact) mass is 673 g/mol. The number of aromatic nitrogens is 1. The fraction of sp³-hybridized carbons (Fsp3) is 0. The number of furan rings is 1. The van der Waals surface area contributed by atoms with Crippen molar-refractivity contribution in [3.63, 3.8) is 0 Å². The number of benzene rings is 8. The highest BCUT2D eigenvalue weighted by atomic mass is 16.3. The van der Waals surface area contributed by atoms with Crippen LogP contribution in [0.25, 0.3) is 71.7 Å². The van der Waals surface area contributed by atoms with Gasteiger partial charge >= 0.3 is 6.85 Å². The Balaban J connectivity index is 1.14. The minimum absolute atomic E-state index is 0.0107. The molecule has 10 aromatic rings. The number of hydrogen-bond donors (Lipinski definition) is 0. The van der Waals surface area contributed by atoms with E-state index in [1.165, 1.54) is 72.2 Å². The van der Waals surface area contributed by atoms with Crippen LogP contribution in [0.15, 0.2) is 174 Å². The molecule has 0 saturated heterocycles. The first-order chi connectivity index (χ1) is 26.3. The molecule has 0 aliphatic carbocycles. The fourth-order valence-corrected chi connectivity index (χ4v) is 9.85. The molecule has 0 spiro atoms. The van der Waals surface area contributed by atoms with Gasteiger partial charge in [-0.15, -0.1) is 0 Å². The van der Waals surface area contributed by atoms with Gasteiger partial charge in [0.2, 0.25) is 0 Å². The zero-order valence-corrected chi connectivity index (χ0v) is 28.5. The fourth-order valence-electron chi connectivity index (χ4n) is 9.85. The highest BCUT2D eigenvalue weighted by Crippen LogP contribution is 2.53. The van der Waals surface area contributed by atoms with Crippen molar-refractivity contribution in [3.8, 4) is 27.9 Å².